The molecule has 0 aromatic heterocycles. The van der Waals surface area contributed by atoms with Crippen LogP contribution in [0.5, 0.6) is 5.75 Å². The Hall–Kier alpha value is -3.15. The van der Waals surface area contributed by atoms with Gasteiger partial charge >= 0.3 is 5.97 Å². The molecule has 0 bridgehead atoms. The van der Waals surface area contributed by atoms with E-state index in [9.17, 15) is 14.4 Å². The first kappa shape index (κ1) is 20.2. The van der Waals surface area contributed by atoms with Gasteiger partial charge in [-0.15, -0.1) is 0 Å². The van der Waals surface area contributed by atoms with E-state index in [2.05, 4.69) is 5.32 Å². The van der Waals surface area contributed by atoms with Crippen LogP contribution in [0.4, 0.5) is 0 Å². The Bertz CT molecular complexity index is 817. The molecule has 2 N–H and O–H groups in total. The maximum atomic E-state index is 12.6. The van der Waals surface area contributed by atoms with Gasteiger partial charge in [0.25, 0.3) is 0 Å². The summed E-state index contributed by atoms with van der Waals surface area (Å²) in [6, 6.07) is 13.8. The molecule has 0 spiro atoms. The smallest absolute Gasteiger partial charge is 0.303 e. The molecule has 2 rings (SSSR count). The first-order valence-electron chi connectivity index (χ1n) is 8.64. The van der Waals surface area contributed by atoms with Gasteiger partial charge in [-0.1, -0.05) is 30.3 Å². The Morgan fingerprint density at radius 3 is 2.41 bits per heavy atom. The third kappa shape index (κ3) is 5.95. The predicted octanol–water partition coefficient (Wildman–Crippen LogP) is 3.16. The average molecular weight is 369 g/mol. The number of benzene rings is 2. The predicted molar refractivity (Wildman–Crippen MR) is 101 cm³/mol. The standard InChI is InChI=1S/C21H23NO5/c1-14(23)16-8-10-19(27-2)17(12-16)13-20(24)22-18(9-11-21(25)26)15-6-4-3-5-7-15/h3-8,10,12,18H,9,11,13H2,1-2H3,(H,22,24)(H,25,26). The molecule has 1 unspecified atom stereocenters. The number of methoxy groups -OCH3 is 1. The quantitative estimate of drug-likeness (QED) is 0.662. The average Bonchev–Trinajstić information content (AvgIpc) is 2.65. The van der Waals surface area contributed by atoms with Gasteiger partial charge in [0.2, 0.25) is 5.91 Å². The van der Waals surface area contributed by atoms with Crippen LogP contribution in [-0.2, 0) is 16.0 Å². The number of carboxylic acids is 1. The minimum atomic E-state index is -0.916. The van der Waals surface area contributed by atoms with Crippen LogP contribution < -0.4 is 10.1 Å². The summed E-state index contributed by atoms with van der Waals surface area (Å²) in [5, 5.41) is 11.9. The van der Waals surface area contributed by atoms with Gasteiger partial charge in [0.15, 0.2) is 5.78 Å². The number of nitrogens with one attached hydrogen (secondary N) is 1. The number of carboxylic acid groups (broad SMARTS) is 1. The summed E-state index contributed by atoms with van der Waals surface area (Å²) in [6.45, 7) is 1.46. The van der Waals surface area contributed by atoms with Crippen molar-refractivity contribution in [2.24, 2.45) is 0 Å². The second kappa shape index (κ2) is 9.52. The highest BCUT2D eigenvalue weighted by atomic mass is 16.5. The molecule has 0 radical (unpaired) electrons. The Balaban J connectivity index is 2.16. The highest BCUT2D eigenvalue weighted by Crippen LogP contribution is 2.22. The van der Waals surface area contributed by atoms with Gasteiger partial charge in [-0.2, -0.15) is 0 Å². The molecule has 1 amide bonds. The molecule has 0 aliphatic carbocycles. The van der Waals surface area contributed by atoms with Crippen LogP contribution >= 0.6 is 0 Å². The van der Waals surface area contributed by atoms with Crippen LogP contribution in [0.1, 0.15) is 47.3 Å². The Morgan fingerprint density at radius 2 is 1.81 bits per heavy atom. The summed E-state index contributed by atoms with van der Waals surface area (Å²) in [5.41, 5.74) is 1.95. The number of amides is 1. The maximum Gasteiger partial charge on any atom is 0.303 e. The zero-order valence-electron chi connectivity index (χ0n) is 15.4. The van der Waals surface area contributed by atoms with Crippen molar-refractivity contribution in [3.8, 4) is 5.75 Å². The number of aliphatic carboxylic acids is 1. The van der Waals surface area contributed by atoms with Crippen LogP contribution in [0.3, 0.4) is 0 Å². The Labute approximate surface area is 158 Å². The number of ether oxygens (including phenoxy) is 1. The molecule has 0 heterocycles. The summed E-state index contributed by atoms with van der Waals surface area (Å²) >= 11 is 0. The molecule has 2 aromatic rings. The summed E-state index contributed by atoms with van der Waals surface area (Å²) < 4.78 is 5.28. The second-order valence-electron chi connectivity index (χ2n) is 6.22. The first-order chi connectivity index (χ1) is 12.9. The van der Waals surface area contributed by atoms with Crippen LogP contribution in [-0.4, -0.2) is 29.9 Å². The van der Waals surface area contributed by atoms with E-state index in [1.54, 1.807) is 18.2 Å². The van der Waals surface area contributed by atoms with E-state index < -0.39 is 12.0 Å². The fourth-order valence-corrected chi connectivity index (χ4v) is 2.83. The van der Waals surface area contributed by atoms with Crippen molar-refractivity contribution in [3.05, 3.63) is 65.2 Å². The third-order valence-electron chi connectivity index (χ3n) is 4.22. The van der Waals surface area contributed by atoms with Crippen LogP contribution in [0.2, 0.25) is 0 Å². The molecule has 2 aromatic carbocycles. The topological polar surface area (TPSA) is 92.7 Å². The van der Waals surface area contributed by atoms with Crippen molar-refractivity contribution in [1.29, 1.82) is 0 Å². The number of carbonyl (C=O) groups is 3. The number of hydrogen-bond acceptors (Lipinski definition) is 4. The van der Waals surface area contributed by atoms with E-state index in [4.69, 9.17) is 9.84 Å². The third-order valence-corrected chi connectivity index (χ3v) is 4.22. The molecule has 0 aliphatic rings. The SMILES string of the molecule is COc1ccc(C(C)=O)cc1CC(=O)NC(CCC(=O)O)c1ccccc1. The molecule has 0 fully saturated rings. The summed E-state index contributed by atoms with van der Waals surface area (Å²) in [6.07, 6.45) is 0.263. The van der Waals surface area contributed by atoms with Gasteiger partial charge in [-0.3, -0.25) is 14.4 Å². The zero-order chi connectivity index (χ0) is 19.8. The van der Waals surface area contributed by atoms with Gasteiger partial charge < -0.3 is 15.2 Å². The Morgan fingerprint density at radius 1 is 1.11 bits per heavy atom. The molecule has 6 heteroatoms. The molecule has 27 heavy (non-hydrogen) atoms. The number of hydrogen-bond donors (Lipinski definition) is 2. The number of Topliss-reactive ketones (excluding diaryl/α,β-unsaturated/α-hetero) is 1. The number of rotatable bonds is 9. The van der Waals surface area contributed by atoms with E-state index in [1.807, 2.05) is 30.3 Å². The lowest BCUT2D eigenvalue weighted by atomic mass is 10.0. The highest BCUT2D eigenvalue weighted by Gasteiger charge is 2.18. The molecule has 0 saturated heterocycles. The molecule has 1 atom stereocenters. The van der Waals surface area contributed by atoms with Crippen LogP contribution in [0.15, 0.2) is 48.5 Å². The summed E-state index contributed by atoms with van der Waals surface area (Å²) in [5.74, 6) is -0.755. The summed E-state index contributed by atoms with van der Waals surface area (Å²) in [4.78, 5) is 35.1. The van der Waals surface area contributed by atoms with Crippen molar-refractivity contribution in [3.63, 3.8) is 0 Å². The van der Waals surface area contributed by atoms with Gasteiger partial charge in [-0.05, 0) is 37.1 Å². The van der Waals surface area contributed by atoms with E-state index in [0.717, 1.165) is 5.56 Å². The molecule has 0 saturated carbocycles. The lowest BCUT2D eigenvalue weighted by Crippen LogP contribution is -2.30. The molecule has 142 valence electrons. The lowest BCUT2D eigenvalue weighted by Gasteiger charge is -2.19. The highest BCUT2D eigenvalue weighted by molar-refractivity contribution is 5.94. The fourth-order valence-electron chi connectivity index (χ4n) is 2.83. The molecular weight excluding hydrogens is 346 g/mol. The molecule has 0 aliphatic heterocycles. The van der Waals surface area contributed by atoms with Gasteiger partial charge in [0.05, 0.1) is 19.6 Å². The Kier molecular flexibility index (Phi) is 7.11. The second-order valence-corrected chi connectivity index (χ2v) is 6.22. The monoisotopic (exact) mass is 369 g/mol. The van der Waals surface area contributed by atoms with E-state index >= 15 is 0 Å². The summed E-state index contributed by atoms with van der Waals surface area (Å²) in [7, 11) is 1.50. The first-order valence-corrected chi connectivity index (χ1v) is 8.64. The van der Waals surface area contributed by atoms with Crippen molar-refractivity contribution < 1.29 is 24.2 Å². The largest absolute Gasteiger partial charge is 0.496 e. The lowest BCUT2D eigenvalue weighted by molar-refractivity contribution is -0.137. The van der Waals surface area contributed by atoms with Gasteiger partial charge in [0.1, 0.15) is 5.75 Å². The zero-order valence-corrected chi connectivity index (χ0v) is 15.4. The van der Waals surface area contributed by atoms with E-state index in [0.29, 0.717) is 16.9 Å². The van der Waals surface area contributed by atoms with Crippen LogP contribution in [0, 0.1) is 0 Å². The minimum Gasteiger partial charge on any atom is -0.496 e. The van der Waals surface area contributed by atoms with Crippen molar-refractivity contribution in [1.82, 2.24) is 5.32 Å². The van der Waals surface area contributed by atoms with Crippen molar-refractivity contribution in [2.45, 2.75) is 32.2 Å². The van der Waals surface area contributed by atoms with E-state index in [1.165, 1.54) is 14.0 Å². The number of ketones is 1. The van der Waals surface area contributed by atoms with Crippen molar-refractivity contribution >= 4 is 17.7 Å². The van der Waals surface area contributed by atoms with Crippen molar-refractivity contribution in [2.75, 3.05) is 7.11 Å². The van der Waals surface area contributed by atoms with Crippen LogP contribution in [0.25, 0.3) is 0 Å². The maximum absolute atomic E-state index is 12.6. The fraction of sp³-hybridized carbons (Fsp3) is 0.286. The normalized spacial score (nSPS) is 11.5. The molecule has 6 nitrogen and oxygen atoms in total. The number of carbonyl (C=O) groups excluding carboxylic acids is 2. The molecular formula is C21H23NO5. The minimum absolute atomic E-state index is 0.0285. The van der Waals surface area contributed by atoms with Gasteiger partial charge in [0, 0.05) is 17.5 Å². The van der Waals surface area contributed by atoms with Gasteiger partial charge in [-0.25, -0.2) is 0 Å². The van der Waals surface area contributed by atoms with E-state index in [-0.39, 0.29) is 31.0 Å².